The molecule has 0 spiro atoms. The van der Waals surface area contributed by atoms with E-state index in [2.05, 4.69) is 5.32 Å². The third kappa shape index (κ3) is 1.91. The predicted molar refractivity (Wildman–Crippen MR) is 57.5 cm³/mol. The largest absolute Gasteiger partial charge is 0.468 e. The van der Waals surface area contributed by atoms with Gasteiger partial charge in [-0.15, -0.1) is 0 Å². The third-order valence-electron chi connectivity index (χ3n) is 3.18. The second kappa shape index (κ2) is 4.41. The average Bonchev–Trinajstić information content (AvgIpc) is 2.81. The van der Waals surface area contributed by atoms with Crippen LogP contribution < -0.4 is 5.32 Å². The summed E-state index contributed by atoms with van der Waals surface area (Å²) in [5.41, 5.74) is -1.05. The van der Waals surface area contributed by atoms with Crippen LogP contribution in [0.4, 0.5) is 8.78 Å². The van der Waals surface area contributed by atoms with Crippen molar-refractivity contribution in [2.24, 2.45) is 0 Å². The van der Waals surface area contributed by atoms with Gasteiger partial charge in [-0.05, 0) is 31.2 Å². The van der Waals surface area contributed by atoms with E-state index in [-0.39, 0.29) is 12.1 Å². The van der Waals surface area contributed by atoms with E-state index in [1.54, 1.807) is 0 Å². The molecule has 2 rings (SSSR count). The quantitative estimate of drug-likeness (QED) is 0.795. The Hall–Kier alpha value is -1.49. The molecule has 0 aliphatic carbocycles. The van der Waals surface area contributed by atoms with Crippen molar-refractivity contribution in [2.45, 2.75) is 11.8 Å². The van der Waals surface area contributed by atoms with Crippen molar-refractivity contribution in [2.75, 3.05) is 20.2 Å². The van der Waals surface area contributed by atoms with Gasteiger partial charge >= 0.3 is 5.97 Å². The smallest absolute Gasteiger partial charge is 0.317 e. The van der Waals surface area contributed by atoms with Crippen LogP contribution in [0.1, 0.15) is 12.0 Å². The fraction of sp³-hybridized carbons (Fsp3) is 0.417. The molecule has 1 aromatic carbocycles. The number of rotatable bonds is 2. The van der Waals surface area contributed by atoms with E-state index in [9.17, 15) is 13.6 Å². The van der Waals surface area contributed by atoms with Gasteiger partial charge in [-0.1, -0.05) is 0 Å². The van der Waals surface area contributed by atoms with Crippen molar-refractivity contribution >= 4 is 5.97 Å². The zero-order chi connectivity index (χ0) is 12.5. The standard InChI is InChI=1S/C12H13F2NO2/c1-17-11(16)12(4-5-15-7-12)9-6-8(13)2-3-10(9)14/h2-3,6,15H,4-5,7H2,1H3. The maximum absolute atomic E-state index is 13.8. The van der Waals surface area contributed by atoms with Gasteiger partial charge in [0.15, 0.2) is 0 Å². The number of hydrogen-bond donors (Lipinski definition) is 1. The summed E-state index contributed by atoms with van der Waals surface area (Å²) in [6.45, 7) is 0.838. The Morgan fingerprint density at radius 1 is 1.47 bits per heavy atom. The van der Waals surface area contributed by atoms with Gasteiger partial charge in [0.2, 0.25) is 0 Å². The molecule has 3 nitrogen and oxygen atoms in total. The minimum absolute atomic E-state index is 0.0642. The van der Waals surface area contributed by atoms with Crippen LogP contribution in [-0.4, -0.2) is 26.2 Å². The van der Waals surface area contributed by atoms with Crippen molar-refractivity contribution in [3.8, 4) is 0 Å². The molecule has 0 radical (unpaired) electrons. The van der Waals surface area contributed by atoms with Gasteiger partial charge < -0.3 is 10.1 Å². The van der Waals surface area contributed by atoms with Crippen molar-refractivity contribution in [3.63, 3.8) is 0 Å². The van der Waals surface area contributed by atoms with Crippen LogP contribution in [0.5, 0.6) is 0 Å². The highest BCUT2D eigenvalue weighted by Crippen LogP contribution is 2.34. The second-order valence-electron chi connectivity index (χ2n) is 4.12. The molecule has 1 saturated heterocycles. The lowest BCUT2D eigenvalue weighted by atomic mass is 9.79. The van der Waals surface area contributed by atoms with Crippen molar-refractivity contribution in [1.82, 2.24) is 5.32 Å². The lowest BCUT2D eigenvalue weighted by molar-refractivity contribution is -0.147. The Labute approximate surface area is 97.8 Å². The molecule has 1 unspecified atom stereocenters. The van der Waals surface area contributed by atoms with Crippen molar-refractivity contribution in [3.05, 3.63) is 35.4 Å². The van der Waals surface area contributed by atoms with Crippen LogP contribution in [0.15, 0.2) is 18.2 Å². The Kier molecular flexibility index (Phi) is 3.11. The highest BCUT2D eigenvalue weighted by atomic mass is 19.1. The van der Waals surface area contributed by atoms with Crippen LogP contribution in [0.25, 0.3) is 0 Å². The average molecular weight is 241 g/mol. The molecule has 17 heavy (non-hydrogen) atoms. The van der Waals surface area contributed by atoms with Gasteiger partial charge in [-0.3, -0.25) is 4.79 Å². The Morgan fingerprint density at radius 3 is 2.82 bits per heavy atom. The molecular formula is C12H13F2NO2. The summed E-state index contributed by atoms with van der Waals surface area (Å²) >= 11 is 0. The van der Waals surface area contributed by atoms with Gasteiger partial charge in [-0.2, -0.15) is 0 Å². The number of nitrogens with one attached hydrogen (secondary N) is 1. The number of halogens is 2. The first-order valence-corrected chi connectivity index (χ1v) is 5.35. The molecule has 0 saturated carbocycles. The second-order valence-corrected chi connectivity index (χ2v) is 4.12. The Bertz CT molecular complexity index is 442. The number of esters is 1. The number of ether oxygens (including phenoxy) is 1. The van der Waals surface area contributed by atoms with E-state index in [0.29, 0.717) is 13.0 Å². The first-order valence-electron chi connectivity index (χ1n) is 5.35. The van der Waals surface area contributed by atoms with Crippen LogP contribution in [0.3, 0.4) is 0 Å². The Morgan fingerprint density at radius 2 is 2.24 bits per heavy atom. The number of methoxy groups -OCH3 is 1. The SMILES string of the molecule is COC(=O)C1(c2cc(F)ccc2F)CCNC1. The molecule has 1 aliphatic heterocycles. The molecular weight excluding hydrogens is 228 g/mol. The molecule has 1 fully saturated rings. The first-order chi connectivity index (χ1) is 8.10. The summed E-state index contributed by atoms with van der Waals surface area (Å²) in [6, 6.07) is 3.14. The predicted octanol–water partition coefficient (Wildman–Crippen LogP) is 1.37. The lowest BCUT2D eigenvalue weighted by Gasteiger charge is -2.25. The number of hydrogen-bond acceptors (Lipinski definition) is 3. The number of carbonyl (C=O) groups is 1. The fourth-order valence-electron chi connectivity index (χ4n) is 2.27. The van der Waals surface area contributed by atoms with Crippen LogP contribution >= 0.6 is 0 Å². The van der Waals surface area contributed by atoms with Gasteiger partial charge in [-0.25, -0.2) is 8.78 Å². The zero-order valence-electron chi connectivity index (χ0n) is 9.43. The first kappa shape index (κ1) is 12.0. The third-order valence-corrected chi connectivity index (χ3v) is 3.18. The zero-order valence-corrected chi connectivity index (χ0v) is 9.43. The maximum atomic E-state index is 13.8. The van der Waals surface area contributed by atoms with Crippen LogP contribution in [-0.2, 0) is 14.9 Å². The summed E-state index contributed by atoms with van der Waals surface area (Å²) in [6.07, 6.45) is 0.403. The lowest BCUT2D eigenvalue weighted by Crippen LogP contribution is -2.40. The van der Waals surface area contributed by atoms with Crippen molar-refractivity contribution < 1.29 is 18.3 Å². The summed E-state index contributed by atoms with van der Waals surface area (Å²) < 4.78 is 31.7. The normalized spacial score (nSPS) is 23.7. The molecule has 1 aromatic rings. The molecule has 0 amide bonds. The molecule has 1 atom stereocenters. The minimum Gasteiger partial charge on any atom is -0.468 e. The van der Waals surface area contributed by atoms with E-state index >= 15 is 0 Å². The summed E-state index contributed by atoms with van der Waals surface area (Å²) in [5.74, 6) is -1.68. The van der Waals surface area contributed by atoms with E-state index in [1.165, 1.54) is 7.11 Å². The summed E-state index contributed by atoms with van der Waals surface area (Å²) in [5, 5.41) is 2.98. The maximum Gasteiger partial charge on any atom is 0.317 e. The highest BCUT2D eigenvalue weighted by molar-refractivity contribution is 5.84. The summed E-state index contributed by atoms with van der Waals surface area (Å²) in [4.78, 5) is 11.8. The molecule has 0 aromatic heterocycles. The Balaban J connectivity index is 2.53. The van der Waals surface area contributed by atoms with E-state index < -0.39 is 23.0 Å². The monoisotopic (exact) mass is 241 g/mol. The molecule has 5 heteroatoms. The highest BCUT2D eigenvalue weighted by Gasteiger charge is 2.45. The number of benzene rings is 1. The number of carbonyl (C=O) groups excluding carboxylic acids is 1. The molecule has 1 heterocycles. The van der Waals surface area contributed by atoms with Gasteiger partial charge in [0, 0.05) is 12.1 Å². The van der Waals surface area contributed by atoms with Crippen molar-refractivity contribution in [1.29, 1.82) is 0 Å². The topological polar surface area (TPSA) is 38.3 Å². The van der Waals surface area contributed by atoms with E-state index in [4.69, 9.17) is 4.74 Å². The molecule has 1 N–H and O–H groups in total. The van der Waals surface area contributed by atoms with Crippen LogP contribution in [0.2, 0.25) is 0 Å². The molecule has 1 aliphatic rings. The van der Waals surface area contributed by atoms with Gasteiger partial charge in [0.25, 0.3) is 0 Å². The molecule has 92 valence electrons. The van der Waals surface area contributed by atoms with Crippen LogP contribution in [0, 0.1) is 11.6 Å². The fourth-order valence-corrected chi connectivity index (χ4v) is 2.27. The minimum atomic E-state index is -1.11. The van der Waals surface area contributed by atoms with Gasteiger partial charge in [0.05, 0.1) is 7.11 Å². The molecule has 0 bridgehead atoms. The van der Waals surface area contributed by atoms with E-state index in [0.717, 1.165) is 18.2 Å². The summed E-state index contributed by atoms with van der Waals surface area (Å²) in [7, 11) is 1.25. The van der Waals surface area contributed by atoms with E-state index in [1.807, 2.05) is 0 Å². The van der Waals surface area contributed by atoms with Gasteiger partial charge in [0.1, 0.15) is 17.0 Å².